The predicted molar refractivity (Wildman–Crippen MR) is 46.5 cm³/mol. The van der Waals surface area contributed by atoms with E-state index in [1.54, 1.807) is 6.92 Å². The monoisotopic (exact) mass is 237 g/mol. The first-order valence-electron chi connectivity index (χ1n) is 3.07. The van der Waals surface area contributed by atoms with E-state index in [4.69, 9.17) is 11.6 Å². The van der Waals surface area contributed by atoms with Crippen molar-refractivity contribution in [3.8, 4) is 0 Å². The van der Waals surface area contributed by atoms with Crippen LogP contribution in [0.4, 0.5) is 4.39 Å². The van der Waals surface area contributed by atoms with Gasteiger partial charge < -0.3 is 0 Å². The SMILES string of the molecule is CC(Br)c1nccc(Cl)c1F. The van der Waals surface area contributed by atoms with E-state index in [0.717, 1.165) is 0 Å². The zero-order chi connectivity index (χ0) is 8.43. The van der Waals surface area contributed by atoms with Crippen molar-refractivity contribution in [3.05, 3.63) is 28.8 Å². The molecule has 0 aliphatic rings. The van der Waals surface area contributed by atoms with Gasteiger partial charge in [0.05, 0.1) is 15.5 Å². The van der Waals surface area contributed by atoms with Gasteiger partial charge in [0.2, 0.25) is 0 Å². The lowest BCUT2D eigenvalue weighted by molar-refractivity contribution is 0.601. The van der Waals surface area contributed by atoms with Crippen LogP contribution < -0.4 is 0 Å². The smallest absolute Gasteiger partial charge is 0.164 e. The minimum absolute atomic E-state index is 0.110. The molecule has 0 aliphatic carbocycles. The molecule has 0 saturated carbocycles. The summed E-state index contributed by atoms with van der Waals surface area (Å²) in [5.74, 6) is -0.446. The number of aromatic nitrogens is 1. The van der Waals surface area contributed by atoms with E-state index in [0.29, 0.717) is 5.69 Å². The van der Waals surface area contributed by atoms with Crippen LogP contribution >= 0.6 is 27.5 Å². The molecular formula is C7H6BrClFN. The van der Waals surface area contributed by atoms with E-state index in [1.165, 1.54) is 12.3 Å². The molecule has 0 saturated heterocycles. The van der Waals surface area contributed by atoms with Gasteiger partial charge in [-0.25, -0.2) is 4.39 Å². The highest BCUT2D eigenvalue weighted by Gasteiger charge is 2.11. The fourth-order valence-electron chi connectivity index (χ4n) is 0.713. The van der Waals surface area contributed by atoms with E-state index in [-0.39, 0.29) is 9.85 Å². The molecule has 4 heteroatoms. The maximum Gasteiger partial charge on any atom is 0.164 e. The third-order valence-electron chi connectivity index (χ3n) is 1.25. The Balaban J connectivity index is 3.17. The second-order valence-electron chi connectivity index (χ2n) is 2.11. The standard InChI is InChI=1S/C7H6BrClFN/c1-4(8)7-6(10)5(9)2-3-11-7/h2-4H,1H3. The highest BCUT2D eigenvalue weighted by atomic mass is 79.9. The van der Waals surface area contributed by atoms with Crippen molar-refractivity contribution in [2.75, 3.05) is 0 Å². The average Bonchev–Trinajstić information content (AvgIpc) is 1.94. The molecule has 1 rings (SSSR count). The number of hydrogen-bond donors (Lipinski definition) is 0. The van der Waals surface area contributed by atoms with Gasteiger partial charge in [-0.15, -0.1) is 0 Å². The number of halogens is 3. The molecule has 0 N–H and O–H groups in total. The molecule has 0 aromatic carbocycles. The number of rotatable bonds is 1. The maximum absolute atomic E-state index is 13.0. The molecule has 0 aliphatic heterocycles. The molecular weight excluding hydrogens is 232 g/mol. The van der Waals surface area contributed by atoms with Crippen LogP contribution in [0.5, 0.6) is 0 Å². The van der Waals surface area contributed by atoms with E-state index >= 15 is 0 Å². The van der Waals surface area contributed by atoms with Crippen LogP contribution in [0.3, 0.4) is 0 Å². The summed E-state index contributed by atoms with van der Waals surface area (Å²) in [5.41, 5.74) is 0.345. The molecule has 1 unspecified atom stereocenters. The van der Waals surface area contributed by atoms with Crippen LogP contribution in [0.1, 0.15) is 17.4 Å². The highest BCUT2D eigenvalue weighted by Crippen LogP contribution is 2.25. The summed E-state index contributed by atoms with van der Waals surface area (Å²) in [5, 5.41) is 0.112. The van der Waals surface area contributed by atoms with Crippen molar-refractivity contribution in [3.63, 3.8) is 0 Å². The Hall–Kier alpha value is -0.150. The van der Waals surface area contributed by atoms with E-state index in [2.05, 4.69) is 20.9 Å². The predicted octanol–water partition coefficient (Wildman–Crippen LogP) is 3.33. The topological polar surface area (TPSA) is 12.9 Å². The molecule has 0 radical (unpaired) electrons. The molecule has 60 valence electrons. The normalized spacial score (nSPS) is 13.1. The average molecular weight is 238 g/mol. The van der Waals surface area contributed by atoms with Crippen LogP contribution in [0, 0.1) is 5.82 Å². The molecule has 0 bridgehead atoms. The first-order valence-corrected chi connectivity index (χ1v) is 4.36. The zero-order valence-electron chi connectivity index (χ0n) is 5.81. The molecule has 1 aromatic heterocycles. The quantitative estimate of drug-likeness (QED) is 0.684. The van der Waals surface area contributed by atoms with Crippen molar-refractivity contribution in [1.82, 2.24) is 4.98 Å². The lowest BCUT2D eigenvalue weighted by Crippen LogP contribution is -1.94. The van der Waals surface area contributed by atoms with Gasteiger partial charge in [0.25, 0.3) is 0 Å². The largest absolute Gasteiger partial charge is 0.257 e. The van der Waals surface area contributed by atoms with Gasteiger partial charge >= 0.3 is 0 Å². The van der Waals surface area contributed by atoms with Gasteiger partial charge in [-0.1, -0.05) is 27.5 Å². The first kappa shape index (κ1) is 8.94. The molecule has 1 heterocycles. The van der Waals surface area contributed by atoms with E-state index < -0.39 is 5.82 Å². The number of pyridine rings is 1. The fourth-order valence-corrected chi connectivity index (χ4v) is 1.18. The Morgan fingerprint density at radius 1 is 1.73 bits per heavy atom. The Labute approximate surface area is 77.7 Å². The first-order chi connectivity index (χ1) is 5.13. The Bertz CT molecular complexity index is 265. The summed E-state index contributed by atoms with van der Waals surface area (Å²) >= 11 is 8.73. The van der Waals surface area contributed by atoms with Crippen LogP contribution in [-0.4, -0.2) is 4.98 Å². The molecule has 1 atom stereocenters. The van der Waals surface area contributed by atoms with Crippen LogP contribution in [0.25, 0.3) is 0 Å². The number of hydrogen-bond acceptors (Lipinski definition) is 1. The van der Waals surface area contributed by atoms with Gasteiger partial charge in [0.15, 0.2) is 5.82 Å². The lowest BCUT2D eigenvalue weighted by Gasteiger charge is -2.03. The lowest BCUT2D eigenvalue weighted by atomic mass is 10.3. The van der Waals surface area contributed by atoms with Crippen LogP contribution in [0.15, 0.2) is 12.3 Å². The Morgan fingerprint density at radius 2 is 2.36 bits per heavy atom. The second-order valence-corrected chi connectivity index (χ2v) is 3.89. The molecule has 1 nitrogen and oxygen atoms in total. The molecule has 0 fully saturated rings. The Morgan fingerprint density at radius 3 is 2.82 bits per heavy atom. The van der Waals surface area contributed by atoms with Gasteiger partial charge in [-0.3, -0.25) is 4.98 Å². The summed E-state index contributed by atoms with van der Waals surface area (Å²) in [6, 6.07) is 1.43. The summed E-state index contributed by atoms with van der Waals surface area (Å²) < 4.78 is 13.0. The van der Waals surface area contributed by atoms with E-state index in [1.807, 2.05) is 0 Å². The third kappa shape index (κ3) is 1.91. The number of nitrogens with zero attached hydrogens (tertiary/aromatic N) is 1. The van der Waals surface area contributed by atoms with Crippen molar-refractivity contribution in [2.45, 2.75) is 11.8 Å². The van der Waals surface area contributed by atoms with Crippen LogP contribution in [0.2, 0.25) is 5.02 Å². The zero-order valence-corrected chi connectivity index (χ0v) is 8.16. The van der Waals surface area contributed by atoms with Crippen molar-refractivity contribution < 1.29 is 4.39 Å². The minimum Gasteiger partial charge on any atom is -0.257 e. The van der Waals surface area contributed by atoms with E-state index in [9.17, 15) is 4.39 Å². The molecule has 1 aromatic rings. The summed E-state index contributed by atoms with van der Waals surface area (Å²) in [6.07, 6.45) is 1.48. The maximum atomic E-state index is 13.0. The second kappa shape index (κ2) is 3.50. The van der Waals surface area contributed by atoms with Crippen LogP contribution in [-0.2, 0) is 0 Å². The van der Waals surface area contributed by atoms with Crippen molar-refractivity contribution >= 4 is 27.5 Å². The minimum atomic E-state index is -0.446. The van der Waals surface area contributed by atoms with Gasteiger partial charge in [0, 0.05) is 6.20 Å². The van der Waals surface area contributed by atoms with Gasteiger partial charge in [-0.2, -0.15) is 0 Å². The third-order valence-corrected chi connectivity index (χ3v) is 1.97. The fraction of sp³-hybridized carbons (Fsp3) is 0.286. The summed E-state index contributed by atoms with van der Waals surface area (Å²) in [6.45, 7) is 1.79. The Kier molecular flexibility index (Phi) is 2.84. The number of alkyl halides is 1. The molecule has 0 amide bonds. The van der Waals surface area contributed by atoms with Gasteiger partial charge in [-0.05, 0) is 13.0 Å². The van der Waals surface area contributed by atoms with Crippen molar-refractivity contribution in [2.24, 2.45) is 0 Å². The summed E-state index contributed by atoms with van der Waals surface area (Å²) in [4.78, 5) is 3.72. The van der Waals surface area contributed by atoms with Gasteiger partial charge in [0.1, 0.15) is 0 Å². The molecule has 11 heavy (non-hydrogen) atoms. The highest BCUT2D eigenvalue weighted by molar-refractivity contribution is 9.09. The van der Waals surface area contributed by atoms with Crippen molar-refractivity contribution in [1.29, 1.82) is 0 Å². The molecule has 0 spiro atoms. The summed E-state index contributed by atoms with van der Waals surface area (Å²) in [7, 11) is 0.